The summed E-state index contributed by atoms with van der Waals surface area (Å²) in [6, 6.07) is 6.59. The average Bonchev–Trinajstić information content (AvgIpc) is 2.49. The van der Waals surface area contributed by atoms with Crippen molar-refractivity contribution in [3.63, 3.8) is 0 Å². The smallest absolute Gasteiger partial charge is 0.335 e. The van der Waals surface area contributed by atoms with Crippen molar-refractivity contribution >= 4 is 5.97 Å². The minimum atomic E-state index is -0.902. The van der Waals surface area contributed by atoms with E-state index in [0.29, 0.717) is 12.2 Å². The second-order valence-corrected chi connectivity index (χ2v) is 5.51. The number of carboxylic acids is 1. The van der Waals surface area contributed by atoms with Crippen molar-refractivity contribution in [2.24, 2.45) is 0 Å². The molecule has 0 aliphatic carbocycles. The molecule has 1 aromatic rings. The third-order valence-corrected chi connectivity index (χ3v) is 3.62. The molecule has 0 bridgehead atoms. The molecule has 1 N–H and O–H groups in total. The van der Waals surface area contributed by atoms with Crippen LogP contribution in [0.2, 0.25) is 0 Å². The molecule has 0 amide bonds. The lowest BCUT2D eigenvalue weighted by Crippen LogP contribution is -1.99. The lowest BCUT2D eigenvalue weighted by Gasteiger charge is -2.06. The van der Waals surface area contributed by atoms with Gasteiger partial charge >= 0.3 is 5.97 Å². The van der Waals surface area contributed by atoms with Gasteiger partial charge in [0.15, 0.2) is 0 Å². The number of carboxylic acid groups (broad SMARTS) is 1. The highest BCUT2D eigenvalue weighted by atomic mass is 16.5. The van der Waals surface area contributed by atoms with Gasteiger partial charge < -0.3 is 9.84 Å². The monoisotopic (exact) mass is 292 g/mol. The van der Waals surface area contributed by atoms with E-state index >= 15 is 0 Å². The minimum Gasteiger partial charge on any atom is -0.494 e. The molecular weight excluding hydrogens is 264 g/mol. The summed E-state index contributed by atoms with van der Waals surface area (Å²) in [5, 5.41) is 8.80. The summed E-state index contributed by atoms with van der Waals surface area (Å²) >= 11 is 0. The predicted octanol–water partition coefficient (Wildman–Crippen LogP) is 5.29. The first-order chi connectivity index (χ1) is 10.2. The molecule has 0 saturated carbocycles. The highest BCUT2D eigenvalue weighted by molar-refractivity contribution is 5.87. The summed E-state index contributed by atoms with van der Waals surface area (Å²) in [5.74, 6) is -0.153. The maximum Gasteiger partial charge on any atom is 0.335 e. The number of unbranched alkanes of at least 4 members (excludes halogenated alkanes) is 8. The normalized spacial score (nSPS) is 10.5. The molecule has 1 rings (SSSR count). The molecule has 0 aliphatic rings. The Morgan fingerprint density at radius 2 is 1.43 bits per heavy atom. The van der Waals surface area contributed by atoms with Crippen LogP contribution in [0.4, 0.5) is 0 Å². The van der Waals surface area contributed by atoms with Crippen LogP contribution in [0.3, 0.4) is 0 Å². The maximum absolute atomic E-state index is 10.7. The third kappa shape index (κ3) is 8.38. The fourth-order valence-electron chi connectivity index (χ4n) is 2.30. The van der Waals surface area contributed by atoms with Crippen LogP contribution < -0.4 is 4.74 Å². The quantitative estimate of drug-likeness (QED) is 0.532. The van der Waals surface area contributed by atoms with Gasteiger partial charge in [-0.3, -0.25) is 0 Å². The fourth-order valence-corrected chi connectivity index (χ4v) is 2.30. The number of aromatic carboxylic acids is 1. The maximum atomic E-state index is 10.7. The van der Waals surface area contributed by atoms with Crippen LogP contribution in [-0.2, 0) is 0 Å². The summed E-state index contributed by atoms with van der Waals surface area (Å²) in [7, 11) is 0. The molecule has 21 heavy (non-hydrogen) atoms. The molecule has 0 heterocycles. The van der Waals surface area contributed by atoms with E-state index in [4.69, 9.17) is 9.84 Å². The van der Waals surface area contributed by atoms with E-state index in [1.54, 1.807) is 24.3 Å². The number of carbonyl (C=O) groups is 1. The van der Waals surface area contributed by atoms with E-state index in [0.717, 1.165) is 12.2 Å². The number of benzene rings is 1. The summed E-state index contributed by atoms with van der Waals surface area (Å²) in [5.41, 5.74) is 0.297. The molecule has 3 heteroatoms. The molecule has 118 valence electrons. The molecule has 0 saturated heterocycles. The van der Waals surface area contributed by atoms with E-state index in [1.165, 1.54) is 51.4 Å². The number of hydrogen-bond acceptors (Lipinski definition) is 2. The van der Waals surface area contributed by atoms with Crippen molar-refractivity contribution in [1.82, 2.24) is 0 Å². The standard InChI is InChI=1S/C18H28O3/c1-2-3-4-5-6-7-8-9-10-15-21-17-13-11-16(12-14-17)18(19)20/h11-14H,2-10,15H2,1H3,(H,19,20). The number of ether oxygens (including phenoxy) is 1. The van der Waals surface area contributed by atoms with Gasteiger partial charge in [-0.25, -0.2) is 4.79 Å². The average molecular weight is 292 g/mol. The Labute approximate surface area is 128 Å². The third-order valence-electron chi connectivity index (χ3n) is 3.62. The predicted molar refractivity (Wildman–Crippen MR) is 86.1 cm³/mol. The van der Waals surface area contributed by atoms with Crippen LogP contribution in [-0.4, -0.2) is 17.7 Å². The van der Waals surface area contributed by atoms with Crippen LogP contribution in [0, 0.1) is 0 Å². The molecule has 0 aliphatic heterocycles. The lowest BCUT2D eigenvalue weighted by atomic mass is 10.1. The molecule has 0 spiro atoms. The Balaban J connectivity index is 1.98. The summed E-state index contributed by atoms with van der Waals surface area (Å²) < 4.78 is 5.61. The van der Waals surface area contributed by atoms with Crippen LogP contribution in [0.15, 0.2) is 24.3 Å². The Bertz CT molecular complexity index is 384. The highest BCUT2D eigenvalue weighted by Gasteiger charge is 2.01. The van der Waals surface area contributed by atoms with Gasteiger partial charge in [0.2, 0.25) is 0 Å². The van der Waals surface area contributed by atoms with Crippen molar-refractivity contribution in [2.75, 3.05) is 6.61 Å². The van der Waals surface area contributed by atoms with Crippen LogP contribution in [0.25, 0.3) is 0 Å². The highest BCUT2D eigenvalue weighted by Crippen LogP contribution is 2.14. The Hall–Kier alpha value is -1.51. The topological polar surface area (TPSA) is 46.5 Å². The van der Waals surface area contributed by atoms with Gasteiger partial charge in [0.1, 0.15) is 5.75 Å². The second-order valence-electron chi connectivity index (χ2n) is 5.51. The van der Waals surface area contributed by atoms with Gasteiger partial charge in [0.05, 0.1) is 12.2 Å². The summed E-state index contributed by atoms with van der Waals surface area (Å²) in [6.07, 6.45) is 11.7. The zero-order chi connectivity index (χ0) is 15.3. The first kappa shape index (κ1) is 17.5. The Morgan fingerprint density at radius 3 is 1.95 bits per heavy atom. The van der Waals surface area contributed by atoms with E-state index in [1.807, 2.05) is 0 Å². The van der Waals surface area contributed by atoms with Crippen LogP contribution in [0.1, 0.15) is 75.1 Å². The number of rotatable bonds is 12. The van der Waals surface area contributed by atoms with Crippen LogP contribution >= 0.6 is 0 Å². The summed E-state index contributed by atoms with van der Waals surface area (Å²) in [4.78, 5) is 10.7. The number of hydrogen-bond donors (Lipinski definition) is 1. The Kier molecular flexibility index (Phi) is 9.34. The summed E-state index contributed by atoms with van der Waals surface area (Å²) in [6.45, 7) is 2.96. The molecule has 1 aromatic carbocycles. The largest absolute Gasteiger partial charge is 0.494 e. The zero-order valence-electron chi connectivity index (χ0n) is 13.1. The Morgan fingerprint density at radius 1 is 0.905 bits per heavy atom. The molecule has 0 unspecified atom stereocenters. The van der Waals surface area contributed by atoms with Gasteiger partial charge in [0, 0.05) is 0 Å². The van der Waals surface area contributed by atoms with E-state index in [9.17, 15) is 4.79 Å². The fraction of sp³-hybridized carbons (Fsp3) is 0.611. The van der Waals surface area contributed by atoms with Crippen molar-refractivity contribution in [1.29, 1.82) is 0 Å². The molecule has 0 atom stereocenters. The van der Waals surface area contributed by atoms with E-state index < -0.39 is 5.97 Å². The molecule has 0 radical (unpaired) electrons. The molecular formula is C18H28O3. The van der Waals surface area contributed by atoms with Crippen molar-refractivity contribution in [2.45, 2.75) is 64.7 Å². The van der Waals surface area contributed by atoms with E-state index in [-0.39, 0.29) is 0 Å². The van der Waals surface area contributed by atoms with Crippen molar-refractivity contribution in [3.05, 3.63) is 29.8 Å². The van der Waals surface area contributed by atoms with Crippen molar-refractivity contribution < 1.29 is 14.6 Å². The first-order valence-electron chi connectivity index (χ1n) is 8.20. The van der Waals surface area contributed by atoms with Gasteiger partial charge in [0.25, 0.3) is 0 Å². The van der Waals surface area contributed by atoms with E-state index in [2.05, 4.69) is 6.92 Å². The van der Waals surface area contributed by atoms with Gasteiger partial charge in [-0.15, -0.1) is 0 Å². The van der Waals surface area contributed by atoms with Gasteiger partial charge in [-0.1, -0.05) is 58.3 Å². The zero-order valence-corrected chi connectivity index (χ0v) is 13.1. The SMILES string of the molecule is CCCCCCCCCCCOc1ccc(C(=O)O)cc1. The first-order valence-corrected chi connectivity index (χ1v) is 8.20. The second kappa shape index (κ2) is 11.2. The minimum absolute atomic E-state index is 0.297. The molecule has 0 fully saturated rings. The van der Waals surface area contributed by atoms with Crippen LogP contribution in [0.5, 0.6) is 5.75 Å². The van der Waals surface area contributed by atoms with Crippen molar-refractivity contribution in [3.8, 4) is 5.75 Å². The van der Waals surface area contributed by atoms with Gasteiger partial charge in [-0.2, -0.15) is 0 Å². The molecule has 0 aromatic heterocycles. The lowest BCUT2D eigenvalue weighted by molar-refractivity contribution is 0.0697. The van der Waals surface area contributed by atoms with Gasteiger partial charge in [-0.05, 0) is 30.7 Å². The molecule has 3 nitrogen and oxygen atoms in total.